The number of hydrogen-bond acceptors (Lipinski definition) is 5. The van der Waals surface area contributed by atoms with Gasteiger partial charge in [0.15, 0.2) is 0 Å². The van der Waals surface area contributed by atoms with E-state index in [2.05, 4.69) is 10.3 Å². The molecule has 31 heavy (non-hydrogen) atoms. The van der Waals surface area contributed by atoms with Crippen molar-refractivity contribution in [2.24, 2.45) is 5.73 Å². The molecule has 0 bridgehead atoms. The fourth-order valence-corrected chi connectivity index (χ4v) is 3.23. The van der Waals surface area contributed by atoms with Crippen molar-refractivity contribution in [2.45, 2.75) is 38.0 Å². The largest absolute Gasteiger partial charge is 0.480 e. The molecule has 1 unspecified atom stereocenters. The van der Waals surface area contributed by atoms with E-state index in [1.54, 1.807) is 6.20 Å². The molecule has 0 saturated carbocycles. The highest BCUT2D eigenvalue weighted by Gasteiger charge is 2.23. The van der Waals surface area contributed by atoms with Crippen LogP contribution < -0.4 is 11.1 Å². The Bertz CT molecular complexity index is 1050. The minimum Gasteiger partial charge on any atom is -0.480 e. The van der Waals surface area contributed by atoms with Crippen molar-refractivity contribution in [2.75, 3.05) is 0 Å². The third-order valence-corrected chi connectivity index (χ3v) is 4.94. The van der Waals surface area contributed by atoms with E-state index in [9.17, 15) is 19.5 Å². The molecule has 1 heterocycles. The van der Waals surface area contributed by atoms with E-state index < -0.39 is 29.9 Å². The zero-order chi connectivity index (χ0) is 22.2. The molecule has 8 nitrogen and oxygen atoms in total. The van der Waals surface area contributed by atoms with Gasteiger partial charge in [-0.3, -0.25) is 9.59 Å². The normalized spacial score (nSPS) is 12.8. The van der Waals surface area contributed by atoms with Crippen molar-refractivity contribution in [3.63, 3.8) is 0 Å². The van der Waals surface area contributed by atoms with Crippen LogP contribution in [0.2, 0.25) is 0 Å². The molecule has 3 aromatic rings. The summed E-state index contributed by atoms with van der Waals surface area (Å²) in [5.41, 5.74) is 8.34. The van der Waals surface area contributed by atoms with Gasteiger partial charge in [-0.15, -0.1) is 0 Å². The van der Waals surface area contributed by atoms with Gasteiger partial charge in [0.05, 0.1) is 0 Å². The van der Waals surface area contributed by atoms with E-state index >= 15 is 0 Å². The first-order valence-electron chi connectivity index (χ1n) is 9.97. The van der Waals surface area contributed by atoms with Crippen LogP contribution in [-0.4, -0.2) is 40.0 Å². The molecule has 0 aliphatic rings. The number of carboxylic acids is 1. The molecule has 1 aromatic heterocycles. The summed E-state index contributed by atoms with van der Waals surface area (Å²) in [4.78, 5) is 39.0. The predicted molar refractivity (Wildman–Crippen MR) is 115 cm³/mol. The zero-order valence-electron chi connectivity index (χ0n) is 16.9. The smallest absolute Gasteiger partial charge is 0.326 e. The van der Waals surface area contributed by atoms with Crippen LogP contribution in [0.4, 0.5) is 0 Å². The van der Waals surface area contributed by atoms with E-state index in [1.165, 1.54) is 0 Å². The zero-order valence-corrected chi connectivity index (χ0v) is 16.9. The molecule has 0 radical (unpaired) electrons. The monoisotopic (exact) mass is 423 g/mol. The summed E-state index contributed by atoms with van der Waals surface area (Å²) in [6.07, 6.45) is 1.85. The van der Waals surface area contributed by atoms with Crippen molar-refractivity contribution in [1.29, 1.82) is 0 Å². The second-order valence-corrected chi connectivity index (χ2v) is 7.26. The maximum absolute atomic E-state index is 12.3. The molecule has 0 aliphatic heterocycles. The van der Waals surface area contributed by atoms with Gasteiger partial charge in [0.1, 0.15) is 18.7 Å². The number of para-hydroxylation sites is 1. The second-order valence-electron chi connectivity index (χ2n) is 7.26. The lowest BCUT2D eigenvalue weighted by atomic mass is 10.0. The topological polar surface area (TPSA) is 135 Å². The number of nitrogens with one attached hydrogen (secondary N) is 2. The first kappa shape index (κ1) is 22.0. The van der Waals surface area contributed by atoms with Crippen LogP contribution in [0.5, 0.6) is 0 Å². The summed E-state index contributed by atoms with van der Waals surface area (Å²) in [7, 11) is 0. The molecule has 162 valence electrons. The van der Waals surface area contributed by atoms with Crippen LogP contribution in [0.1, 0.15) is 24.0 Å². The molecule has 0 saturated heterocycles. The summed E-state index contributed by atoms with van der Waals surface area (Å²) in [5.74, 6) is -2.23. The SMILES string of the molecule is N[C@H](CCC(=O)NC(Cc1c[nH]c2ccccc12)C(=O)O)C(=O)OCc1ccccc1. The minimum absolute atomic E-state index is 0.0544. The van der Waals surface area contributed by atoms with Crippen LogP contribution in [-0.2, 0) is 32.1 Å². The van der Waals surface area contributed by atoms with E-state index in [0.29, 0.717) is 0 Å². The fraction of sp³-hybridized carbons (Fsp3) is 0.261. The Morgan fingerprint density at radius 2 is 1.77 bits per heavy atom. The number of rotatable bonds is 10. The fourth-order valence-electron chi connectivity index (χ4n) is 3.23. The van der Waals surface area contributed by atoms with Crippen LogP contribution >= 0.6 is 0 Å². The average Bonchev–Trinajstić information content (AvgIpc) is 3.19. The molecule has 0 fully saturated rings. The maximum atomic E-state index is 12.3. The summed E-state index contributed by atoms with van der Waals surface area (Å²) in [6.45, 7) is 0.102. The number of nitrogens with two attached hydrogens (primary N) is 1. The summed E-state index contributed by atoms with van der Waals surface area (Å²) in [5, 5.41) is 12.9. The molecule has 0 aliphatic carbocycles. The van der Waals surface area contributed by atoms with E-state index in [4.69, 9.17) is 10.5 Å². The molecule has 8 heteroatoms. The van der Waals surface area contributed by atoms with Gasteiger partial charge in [0, 0.05) is 29.9 Å². The van der Waals surface area contributed by atoms with Crippen LogP contribution in [0.3, 0.4) is 0 Å². The Morgan fingerprint density at radius 3 is 2.52 bits per heavy atom. The molecular formula is C23H25N3O5. The lowest BCUT2D eigenvalue weighted by Gasteiger charge is -2.15. The molecule has 5 N–H and O–H groups in total. The Labute approximate surface area is 179 Å². The predicted octanol–water partition coefficient (Wildman–Crippen LogP) is 2.13. The van der Waals surface area contributed by atoms with Gasteiger partial charge in [0.25, 0.3) is 0 Å². The number of aromatic amines is 1. The highest BCUT2D eigenvalue weighted by atomic mass is 16.5. The molecular weight excluding hydrogens is 398 g/mol. The summed E-state index contributed by atoms with van der Waals surface area (Å²) >= 11 is 0. The Kier molecular flexibility index (Phi) is 7.40. The Morgan fingerprint density at radius 1 is 1.06 bits per heavy atom. The highest BCUT2D eigenvalue weighted by molar-refractivity contribution is 5.87. The quantitative estimate of drug-likeness (QED) is 0.369. The number of carbonyl (C=O) groups excluding carboxylic acids is 2. The number of amides is 1. The van der Waals surface area contributed by atoms with Crippen molar-refractivity contribution >= 4 is 28.7 Å². The lowest BCUT2D eigenvalue weighted by molar-refractivity contribution is -0.147. The molecule has 2 atom stereocenters. The first-order chi connectivity index (χ1) is 14.9. The number of aliphatic carboxylic acids is 1. The van der Waals surface area contributed by atoms with Gasteiger partial charge in [0.2, 0.25) is 5.91 Å². The van der Waals surface area contributed by atoms with E-state index in [1.807, 2.05) is 54.6 Å². The third-order valence-electron chi connectivity index (χ3n) is 4.94. The van der Waals surface area contributed by atoms with Crippen LogP contribution in [0.15, 0.2) is 60.8 Å². The second kappa shape index (κ2) is 10.4. The van der Waals surface area contributed by atoms with E-state index in [-0.39, 0.29) is 25.9 Å². The Balaban J connectivity index is 1.48. The number of esters is 1. The average molecular weight is 423 g/mol. The summed E-state index contributed by atoms with van der Waals surface area (Å²) in [6, 6.07) is 14.7. The van der Waals surface area contributed by atoms with Gasteiger partial charge >= 0.3 is 11.9 Å². The molecule has 0 spiro atoms. The van der Waals surface area contributed by atoms with Gasteiger partial charge < -0.3 is 25.9 Å². The number of fused-ring (bicyclic) bond motifs is 1. The first-order valence-corrected chi connectivity index (χ1v) is 9.97. The van der Waals surface area contributed by atoms with Crippen LogP contribution in [0, 0.1) is 0 Å². The number of carbonyl (C=O) groups is 3. The van der Waals surface area contributed by atoms with Crippen molar-refractivity contribution in [1.82, 2.24) is 10.3 Å². The maximum Gasteiger partial charge on any atom is 0.326 e. The van der Waals surface area contributed by atoms with Gasteiger partial charge in [-0.1, -0.05) is 48.5 Å². The minimum atomic E-state index is -1.13. The van der Waals surface area contributed by atoms with Crippen molar-refractivity contribution < 1.29 is 24.2 Å². The third kappa shape index (κ3) is 6.16. The van der Waals surface area contributed by atoms with Gasteiger partial charge in [-0.05, 0) is 23.6 Å². The number of carboxylic acid groups (broad SMARTS) is 1. The molecule has 1 amide bonds. The van der Waals surface area contributed by atoms with Gasteiger partial charge in [-0.2, -0.15) is 0 Å². The van der Waals surface area contributed by atoms with Crippen LogP contribution in [0.25, 0.3) is 10.9 Å². The number of H-pyrrole nitrogens is 1. The lowest BCUT2D eigenvalue weighted by Crippen LogP contribution is -2.43. The number of aromatic nitrogens is 1. The number of ether oxygens (including phenoxy) is 1. The number of hydrogen-bond donors (Lipinski definition) is 4. The Hall–Kier alpha value is -3.65. The molecule has 3 rings (SSSR count). The summed E-state index contributed by atoms with van der Waals surface area (Å²) < 4.78 is 5.16. The highest BCUT2D eigenvalue weighted by Crippen LogP contribution is 2.19. The van der Waals surface area contributed by atoms with E-state index in [0.717, 1.165) is 22.0 Å². The number of benzene rings is 2. The van der Waals surface area contributed by atoms with Gasteiger partial charge in [-0.25, -0.2) is 4.79 Å². The van der Waals surface area contributed by atoms with Crippen molar-refractivity contribution in [3.05, 3.63) is 71.9 Å². The molecule has 2 aromatic carbocycles. The van der Waals surface area contributed by atoms with Crippen molar-refractivity contribution in [3.8, 4) is 0 Å². The standard InChI is InChI=1S/C23H25N3O5/c24-18(23(30)31-14-15-6-2-1-3-7-15)10-11-21(27)26-20(22(28)29)12-16-13-25-19-9-5-4-8-17(16)19/h1-9,13,18,20,25H,10-12,14,24H2,(H,26,27)(H,28,29)/t18-,20?/m1/s1.